The Morgan fingerprint density at radius 3 is 2.12 bits per heavy atom. The summed E-state index contributed by atoms with van der Waals surface area (Å²) >= 11 is 0. The van der Waals surface area contributed by atoms with Gasteiger partial charge in [0.15, 0.2) is 18.7 Å². The molecular formula is C29H36O13. The Labute approximate surface area is 241 Å². The molecule has 2 aliphatic heterocycles. The van der Waals surface area contributed by atoms with Crippen LogP contribution in [0.25, 0.3) is 6.08 Å². The lowest BCUT2D eigenvalue weighted by Crippen LogP contribution is -2.65. The summed E-state index contributed by atoms with van der Waals surface area (Å²) in [5.74, 6) is -0.724. The van der Waals surface area contributed by atoms with Crippen LogP contribution in [0.4, 0.5) is 0 Å². The number of ether oxygens (including phenoxy) is 5. The summed E-state index contributed by atoms with van der Waals surface area (Å²) in [7, 11) is 0. The van der Waals surface area contributed by atoms with Crippen LogP contribution in [0.5, 0.6) is 11.5 Å². The minimum Gasteiger partial charge on any atom is -0.508 e. The largest absolute Gasteiger partial charge is 0.508 e. The molecule has 0 spiro atoms. The first-order valence-electron chi connectivity index (χ1n) is 13.4. The molecule has 7 N–H and O–H groups in total. The topological polar surface area (TPSA) is 205 Å². The minimum absolute atomic E-state index is 0.0489. The number of rotatable bonds is 10. The summed E-state index contributed by atoms with van der Waals surface area (Å²) in [4.78, 5) is 12.8. The van der Waals surface area contributed by atoms with Crippen LogP contribution in [-0.4, -0.2) is 116 Å². The van der Waals surface area contributed by atoms with Crippen molar-refractivity contribution in [2.45, 2.75) is 74.8 Å². The van der Waals surface area contributed by atoms with E-state index in [1.807, 2.05) is 0 Å². The molecule has 2 saturated heterocycles. The van der Waals surface area contributed by atoms with Crippen LogP contribution in [-0.2, 0) is 34.9 Å². The molecule has 230 valence electrons. The number of carbonyl (C=O) groups is 1. The van der Waals surface area contributed by atoms with Gasteiger partial charge in [0, 0.05) is 6.08 Å². The normalized spacial score (nSPS) is 33.5. The van der Waals surface area contributed by atoms with Gasteiger partial charge in [-0.1, -0.05) is 24.3 Å². The zero-order chi connectivity index (χ0) is 30.4. The quantitative estimate of drug-likeness (QED) is 0.138. The van der Waals surface area contributed by atoms with Crippen molar-refractivity contribution in [3.05, 3.63) is 65.7 Å². The minimum atomic E-state index is -1.72. The zero-order valence-electron chi connectivity index (χ0n) is 22.7. The van der Waals surface area contributed by atoms with Crippen molar-refractivity contribution >= 4 is 12.0 Å². The molecule has 0 amide bonds. The van der Waals surface area contributed by atoms with Gasteiger partial charge < -0.3 is 59.4 Å². The van der Waals surface area contributed by atoms with Crippen molar-refractivity contribution in [1.82, 2.24) is 0 Å². The van der Waals surface area contributed by atoms with E-state index in [4.69, 9.17) is 23.7 Å². The predicted molar refractivity (Wildman–Crippen MR) is 144 cm³/mol. The molecule has 2 aromatic rings. The van der Waals surface area contributed by atoms with Crippen molar-refractivity contribution in [2.75, 3.05) is 13.2 Å². The van der Waals surface area contributed by atoms with Gasteiger partial charge in [-0.15, -0.1) is 0 Å². The van der Waals surface area contributed by atoms with Gasteiger partial charge in [0.1, 0.15) is 48.1 Å². The SMILES string of the molecule is C[C@@H]1O[C@@H](O[C@@H]2[C@@H](O)[C@H](OCCc3ccc(O)cc3)O[C@@H](CO)[C@H]2OC(=O)/C=C/c2ccc(O)cc2)[C@@H](O)[C@H](O)[C@H]1O. The van der Waals surface area contributed by atoms with E-state index in [0.29, 0.717) is 12.0 Å². The number of phenols is 2. The number of hydrogen-bond acceptors (Lipinski definition) is 13. The first-order chi connectivity index (χ1) is 20.1. The van der Waals surface area contributed by atoms with Gasteiger partial charge in [0.2, 0.25) is 0 Å². The molecule has 2 aromatic carbocycles. The van der Waals surface area contributed by atoms with Gasteiger partial charge in [-0.05, 0) is 54.8 Å². The highest BCUT2D eigenvalue weighted by molar-refractivity contribution is 5.87. The van der Waals surface area contributed by atoms with Gasteiger partial charge in [-0.2, -0.15) is 0 Å². The second-order valence-corrected chi connectivity index (χ2v) is 10.1. The molecule has 0 radical (unpaired) electrons. The third kappa shape index (κ3) is 7.83. The number of aliphatic hydroxyl groups excluding tert-OH is 5. The lowest BCUT2D eigenvalue weighted by atomic mass is 9.97. The number of phenolic OH excluding ortho intramolecular Hbond substituents is 2. The number of hydrogen-bond donors (Lipinski definition) is 7. The van der Waals surface area contributed by atoms with Gasteiger partial charge in [-0.3, -0.25) is 0 Å². The Kier molecular flexibility index (Phi) is 10.9. The first-order valence-corrected chi connectivity index (χ1v) is 13.4. The van der Waals surface area contributed by atoms with Crippen molar-refractivity contribution in [3.63, 3.8) is 0 Å². The lowest BCUT2D eigenvalue weighted by molar-refractivity contribution is -0.357. The van der Waals surface area contributed by atoms with Gasteiger partial charge in [-0.25, -0.2) is 4.79 Å². The Bertz CT molecular complexity index is 1170. The Hall–Kier alpha value is -3.11. The predicted octanol–water partition coefficient (Wildman–Crippen LogP) is -0.427. The van der Waals surface area contributed by atoms with Crippen LogP contribution in [0.3, 0.4) is 0 Å². The molecule has 0 saturated carbocycles. The second-order valence-electron chi connectivity index (χ2n) is 10.1. The van der Waals surface area contributed by atoms with Crippen LogP contribution in [0.15, 0.2) is 54.6 Å². The number of aliphatic hydroxyl groups is 5. The average Bonchev–Trinajstić information content (AvgIpc) is 2.98. The van der Waals surface area contributed by atoms with Crippen molar-refractivity contribution in [1.29, 1.82) is 0 Å². The lowest BCUT2D eigenvalue weighted by Gasteiger charge is -2.46. The first kappa shape index (κ1) is 31.8. The number of carbonyl (C=O) groups excluding carboxylic acids is 1. The second kappa shape index (κ2) is 14.4. The molecule has 2 aliphatic rings. The molecule has 42 heavy (non-hydrogen) atoms. The highest BCUT2D eigenvalue weighted by atomic mass is 16.7. The van der Waals surface area contributed by atoms with E-state index in [1.54, 1.807) is 24.3 Å². The third-order valence-electron chi connectivity index (χ3n) is 7.06. The molecule has 0 aromatic heterocycles. The van der Waals surface area contributed by atoms with Crippen LogP contribution < -0.4 is 0 Å². The molecule has 0 aliphatic carbocycles. The van der Waals surface area contributed by atoms with E-state index in [0.717, 1.165) is 11.6 Å². The maximum atomic E-state index is 12.8. The van der Waals surface area contributed by atoms with Crippen LogP contribution in [0.1, 0.15) is 18.1 Å². The van der Waals surface area contributed by atoms with Crippen LogP contribution >= 0.6 is 0 Å². The highest BCUT2D eigenvalue weighted by Gasteiger charge is 2.52. The Balaban J connectivity index is 1.51. The third-order valence-corrected chi connectivity index (χ3v) is 7.06. The van der Waals surface area contributed by atoms with E-state index in [1.165, 1.54) is 37.3 Å². The Morgan fingerprint density at radius 2 is 1.48 bits per heavy atom. The maximum Gasteiger partial charge on any atom is 0.331 e. The summed E-state index contributed by atoms with van der Waals surface area (Å²) in [6, 6.07) is 12.4. The van der Waals surface area contributed by atoms with E-state index in [9.17, 15) is 40.5 Å². The molecule has 0 unspecified atom stereocenters. The monoisotopic (exact) mass is 592 g/mol. The van der Waals surface area contributed by atoms with Gasteiger partial charge in [0.05, 0.1) is 19.3 Å². The average molecular weight is 593 g/mol. The number of aromatic hydroxyl groups is 2. The maximum absolute atomic E-state index is 12.8. The van der Waals surface area contributed by atoms with Crippen LogP contribution in [0.2, 0.25) is 0 Å². The van der Waals surface area contributed by atoms with E-state index >= 15 is 0 Å². The zero-order valence-corrected chi connectivity index (χ0v) is 22.7. The highest BCUT2D eigenvalue weighted by Crippen LogP contribution is 2.31. The van der Waals surface area contributed by atoms with Gasteiger partial charge >= 0.3 is 5.97 Å². The molecule has 2 heterocycles. The number of esters is 1. The van der Waals surface area contributed by atoms with E-state index in [2.05, 4.69) is 0 Å². The molecule has 13 heteroatoms. The van der Waals surface area contributed by atoms with E-state index in [-0.39, 0.29) is 18.1 Å². The summed E-state index contributed by atoms with van der Waals surface area (Å²) in [6.45, 7) is 0.839. The molecule has 10 atom stereocenters. The Morgan fingerprint density at radius 1 is 0.833 bits per heavy atom. The molecule has 13 nitrogen and oxygen atoms in total. The van der Waals surface area contributed by atoms with Crippen molar-refractivity contribution in [3.8, 4) is 11.5 Å². The fourth-order valence-electron chi connectivity index (χ4n) is 4.64. The summed E-state index contributed by atoms with van der Waals surface area (Å²) in [5, 5.41) is 71.0. The summed E-state index contributed by atoms with van der Waals surface area (Å²) in [6.07, 6.45) is -11.5. The summed E-state index contributed by atoms with van der Waals surface area (Å²) in [5.41, 5.74) is 1.41. The molecule has 4 rings (SSSR count). The fraction of sp³-hybridized carbons (Fsp3) is 0.483. The van der Waals surface area contributed by atoms with Crippen LogP contribution in [0, 0.1) is 0 Å². The fourth-order valence-corrected chi connectivity index (χ4v) is 4.64. The smallest absolute Gasteiger partial charge is 0.331 e. The molecule has 2 fully saturated rings. The standard InChI is InChI=1S/C29H36O13/c1-15-22(34)23(35)24(36)29(39-15)42-27-25(37)28(38-13-12-17-4-9-19(32)10-5-17)40-20(14-30)26(27)41-21(33)11-6-16-2-7-18(31)8-3-16/h2-11,15,20,22-32,34-37H,12-14H2,1H3/b11-6+/t15-,20-,22-,23+,24-,25+,26+,27+,28+,29-/m0/s1. The van der Waals surface area contributed by atoms with Gasteiger partial charge in [0.25, 0.3) is 0 Å². The number of benzene rings is 2. The molecular weight excluding hydrogens is 556 g/mol. The van der Waals surface area contributed by atoms with E-state index < -0.39 is 74.0 Å². The molecule has 0 bridgehead atoms. The van der Waals surface area contributed by atoms with Crippen molar-refractivity contribution < 1.29 is 64.2 Å². The summed E-state index contributed by atoms with van der Waals surface area (Å²) < 4.78 is 28.4. The van der Waals surface area contributed by atoms with Crippen molar-refractivity contribution in [2.24, 2.45) is 0 Å².